The summed E-state index contributed by atoms with van der Waals surface area (Å²) in [6, 6.07) is 11.0. The Morgan fingerprint density at radius 1 is 1.10 bits per heavy atom. The van der Waals surface area contributed by atoms with E-state index >= 15 is 0 Å². The number of likely N-dealkylation sites (N-methyl/N-ethyl adjacent to an activating group) is 1. The highest BCUT2D eigenvalue weighted by molar-refractivity contribution is 7.90. The molecule has 1 saturated heterocycles. The Hall–Kier alpha value is -2.77. The molecule has 0 unspecified atom stereocenters. The summed E-state index contributed by atoms with van der Waals surface area (Å²) in [5, 5.41) is 0.703. The quantitative estimate of drug-likeness (QED) is 0.426. The normalized spacial score (nSPS) is 31.2. The second-order valence-electron chi connectivity index (χ2n) is 15.4. The van der Waals surface area contributed by atoms with Gasteiger partial charge in [-0.05, 0) is 106 Å². The van der Waals surface area contributed by atoms with Crippen molar-refractivity contribution in [2.24, 2.45) is 11.8 Å². The SMILES string of the molecule is CN1C/C=C/[C@H](OCCN2CC(F)(F)C2)[C@@H]2CC[C@H]2CN2C[C@@]3(CCCc4cc(Cl)ccc43)COc3ccc(cc32)S(=O)(=O)NC(=O)C1(C)C. The Morgan fingerprint density at radius 2 is 1.90 bits per heavy atom. The first-order chi connectivity index (χ1) is 23.7. The van der Waals surface area contributed by atoms with Crippen molar-refractivity contribution >= 4 is 33.2 Å². The third-order valence-corrected chi connectivity index (χ3v) is 13.3. The Labute approximate surface area is 299 Å². The standard InChI is InChI=1S/C37H47ClF2N4O5S/c1-35(2)34(45)41-50(46,47)28-10-13-33-31(19-28)44(21-36(24-49-33)14-4-6-25-18-27(38)9-12-30(25)36)20-26-8-11-29(26)32(7-5-15-42(35)3)48-17-16-43-22-37(39,40)23-43/h5,7,9-10,12-13,18-19,26,29,32H,4,6,8,11,14-17,20-24H2,1-3H3,(H,41,45)/b7-5+/t26-,29+,32-,36-/m0/s1. The van der Waals surface area contributed by atoms with Crippen molar-refractivity contribution in [3.8, 4) is 5.75 Å². The van der Waals surface area contributed by atoms with Crippen LogP contribution in [0.3, 0.4) is 0 Å². The van der Waals surface area contributed by atoms with Crippen molar-refractivity contribution in [3.63, 3.8) is 0 Å². The molecule has 2 fully saturated rings. The highest BCUT2D eigenvalue weighted by Crippen LogP contribution is 2.47. The molecular formula is C37H47ClF2N4O5S. The molecule has 9 nitrogen and oxygen atoms in total. The van der Waals surface area contributed by atoms with Crippen LogP contribution in [-0.2, 0) is 31.4 Å². The molecule has 4 atom stereocenters. The van der Waals surface area contributed by atoms with Crippen LogP contribution in [0.1, 0.15) is 50.7 Å². The number of ether oxygens (including phenoxy) is 2. The van der Waals surface area contributed by atoms with Crippen LogP contribution in [-0.4, -0.2) is 101 Å². The minimum Gasteiger partial charge on any atom is -0.490 e. The van der Waals surface area contributed by atoms with E-state index in [1.165, 1.54) is 17.2 Å². The van der Waals surface area contributed by atoms with Gasteiger partial charge in [0.25, 0.3) is 21.9 Å². The molecule has 2 aromatic rings. The molecule has 1 amide bonds. The van der Waals surface area contributed by atoms with Crippen molar-refractivity contribution in [2.45, 2.75) is 73.8 Å². The van der Waals surface area contributed by atoms with Gasteiger partial charge in [-0.25, -0.2) is 21.9 Å². The summed E-state index contributed by atoms with van der Waals surface area (Å²) in [6.45, 7) is 5.76. The monoisotopic (exact) mass is 732 g/mol. The fraction of sp³-hybridized carbons (Fsp3) is 0.595. The van der Waals surface area contributed by atoms with E-state index in [9.17, 15) is 22.0 Å². The number of hydrogen-bond donors (Lipinski definition) is 1. The molecule has 2 bridgehead atoms. The number of alkyl halides is 2. The van der Waals surface area contributed by atoms with Crippen LogP contribution in [0.25, 0.3) is 0 Å². The number of halogens is 3. The number of fused-ring (bicyclic) bond motifs is 4. The van der Waals surface area contributed by atoms with E-state index in [0.717, 1.165) is 32.1 Å². The number of likely N-dealkylation sites (tertiary alicyclic amines) is 1. The van der Waals surface area contributed by atoms with Gasteiger partial charge in [0, 0.05) is 36.6 Å². The Kier molecular flexibility index (Phi) is 9.50. The highest BCUT2D eigenvalue weighted by Gasteiger charge is 2.46. The molecule has 2 aromatic carbocycles. The average molecular weight is 733 g/mol. The van der Waals surface area contributed by atoms with Crippen molar-refractivity contribution in [1.29, 1.82) is 0 Å². The number of carbonyl (C=O) groups excluding carboxylic acids is 1. The zero-order valence-corrected chi connectivity index (χ0v) is 30.5. The Bertz CT molecular complexity index is 1770. The van der Waals surface area contributed by atoms with E-state index in [0.29, 0.717) is 55.9 Å². The molecule has 7 rings (SSSR count). The number of aryl methyl sites for hydroxylation is 1. The van der Waals surface area contributed by atoms with Gasteiger partial charge in [0.15, 0.2) is 0 Å². The van der Waals surface area contributed by atoms with E-state index in [1.54, 1.807) is 42.8 Å². The van der Waals surface area contributed by atoms with Gasteiger partial charge in [-0.1, -0.05) is 29.8 Å². The number of nitrogens with one attached hydrogen (secondary N) is 1. The van der Waals surface area contributed by atoms with Crippen molar-refractivity contribution in [3.05, 3.63) is 64.7 Å². The van der Waals surface area contributed by atoms with Gasteiger partial charge < -0.3 is 14.4 Å². The molecule has 272 valence electrons. The zero-order chi connectivity index (χ0) is 35.5. The third kappa shape index (κ3) is 6.90. The first-order valence-corrected chi connectivity index (χ1v) is 19.5. The van der Waals surface area contributed by atoms with Crippen LogP contribution in [0.2, 0.25) is 5.02 Å². The molecule has 1 N–H and O–H groups in total. The fourth-order valence-electron chi connectivity index (χ4n) is 8.26. The predicted molar refractivity (Wildman–Crippen MR) is 189 cm³/mol. The van der Waals surface area contributed by atoms with Crippen LogP contribution in [0.5, 0.6) is 5.75 Å². The maximum absolute atomic E-state index is 13.7. The number of rotatable bonds is 4. The summed E-state index contributed by atoms with van der Waals surface area (Å²) in [4.78, 5) is 19.3. The first-order valence-electron chi connectivity index (χ1n) is 17.6. The van der Waals surface area contributed by atoms with Gasteiger partial charge in [0.2, 0.25) is 0 Å². The van der Waals surface area contributed by atoms with Gasteiger partial charge in [-0.2, -0.15) is 0 Å². The Balaban J connectivity index is 1.25. The Morgan fingerprint density at radius 3 is 2.64 bits per heavy atom. The molecule has 50 heavy (non-hydrogen) atoms. The number of amides is 1. The maximum atomic E-state index is 13.7. The average Bonchev–Trinajstić information content (AvgIpc) is 3.18. The summed E-state index contributed by atoms with van der Waals surface area (Å²) >= 11 is 6.43. The summed E-state index contributed by atoms with van der Waals surface area (Å²) < 4.78 is 69.9. The van der Waals surface area contributed by atoms with Crippen LogP contribution in [0.15, 0.2) is 53.4 Å². The second kappa shape index (κ2) is 13.3. The van der Waals surface area contributed by atoms with E-state index < -0.39 is 27.4 Å². The minimum atomic E-state index is -4.21. The molecule has 1 spiro atoms. The number of benzene rings is 2. The van der Waals surface area contributed by atoms with Gasteiger partial charge in [0.05, 0.1) is 48.5 Å². The number of carbonyl (C=O) groups is 1. The maximum Gasteiger partial charge on any atom is 0.272 e. The topological polar surface area (TPSA) is 91.4 Å². The van der Waals surface area contributed by atoms with Crippen LogP contribution in [0.4, 0.5) is 14.5 Å². The molecule has 3 heterocycles. The smallest absolute Gasteiger partial charge is 0.272 e. The largest absolute Gasteiger partial charge is 0.490 e. The molecule has 5 aliphatic rings. The molecule has 0 aromatic heterocycles. The second-order valence-corrected chi connectivity index (χ2v) is 17.6. The lowest BCUT2D eigenvalue weighted by molar-refractivity contribution is -0.138. The minimum absolute atomic E-state index is 0.00152. The zero-order valence-electron chi connectivity index (χ0n) is 29.0. The van der Waals surface area contributed by atoms with Crippen molar-refractivity contribution in [1.82, 2.24) is 14.5 Å². The van der Waals surface area contributed by atoms with Crippen molar-refractivity contribution < 1.29 is 31.5 Å². The van der Waals surface area contributed by atoms with E-state index in [4.69, 9.17) is 21.1 Å². The van der Waals surface area contributed by atoms with Gasteiger partial charge >= 0.3 is 0 Å². The lowest BCUT2D eigenvalue weighted by atomic mass is 9.68. The van der Waals surface area contributed by atoms with Crippen LogP contribution >= 0.6 is 11.6 Å². The molecule has 13 heteroatoms. The fourth-order valence-corrected chi connectivity index (χ4v) is 9.58. The summed E-state index contributed by atoms with van der Waals surface area (Å²) in [5.41, 5.74) is 1.61. The lowest BCUT2D eigenvalue weighted by Crippen LogP contribution is -2.57. The van der Waals surface area contributed by atoms with Crippen molar-refractivity contribution in [2.75, 3.05) is 64.4 Å². The van der Waals surface area contributed by atoms with Gasteiger partial charge in [-0.3, -0.25) is 14.6 Å². The summed E-state index contributed by atoms with van der Waals surface area (Å²) in [6.07, 6.45) is 8.51. The van der Waals surface area contributed by atoms with Gasteiger partial charge in [0.1, 0.15) is 5.75 Å². The number of anilines is 1. The van der Waals surface area contributed by atoms with Crippen LogP contribution < -0.4 is 14.4 Å². The predicted octanol–water partition coefficient (Wildman–Crippen LogP) is 5.26. The summed E-state index contributed by atoms with van der Waals surface area (Å²) in [5.74, 6) is -2.26. The van der Waals surface area contributed by atoms with Crippen LogP contribution in [0, 0.1) is 11.8 Å². The summed E-state index contributed by atoms with van der Waals surface area (Å²) in [7, 11) is -2.43. The highest BCUT2D eigenvalue weighted by atomic mass is 35.5. The molecular weight excluding hydrogens is 686 g/mol. The molecule has 1 saturated carbocycles. The lowest BCUT2D eigenvalue weighted by Gasteiger charge is -2.46. The van der Waals surface area contributed by atoms with E-state index in [2.05, 4.69) is 15.7 Å². The molecule has 2 aliphatic carbocycles. The van der Waals surface area contributed by atoms with Gasteiger partial charge in [-0.15, -0.1) is 0 Å². The molecule has 3 aliphatic heterocycles. The number of nitrogens with zero attached hydrogens (tertiary/aromatic N) is 3. The van der Waals surface area contributed by atoms with E-state index in [-0.39, 0.29) is 41.3 Å². The number of sulfonamides is 1. The van der Waals surface area contributed by atoms with E-state index in [1.807, 2.05) is 24.3 Å². The number of hydrogen-bond acceptors (Lipinski definition) is 8. The molecule has 0 radical (unpaired) electrons. The first kappa shape index (κ1) is 35.6. The third-order valence-electron chi connectivity index (χ3n) is 11.7.